The topological polar surface area (TPSA) is 55.4 Å². The maximum absolute atomic E-state index is 11.4. The molecule has 0 saturated carbocycles. The van der Waals surface area contributed by atoms with Crippen LogP contribution in [0.3, 0.4) is 0 Å². The van der Waals surface area contributed by atoms with Crippen LogP contribution in [0.5, 0.6) is 0 Å². The Morgan fingerprint density at radius 2 is 2.18 bits per heavy atom. The number of amides is 1. The lowest BCUT2D eigenvalue weighted by Gasteiger charge is -2.04. The van der Waals surface area contributed by atoms with Gasteiger partial charge in [-0.05, 0) is 42.0 Å². The van der Waals surface area contributed by atoms with Crippen molar-refractivity contribution >= 4 is 39.0 Å². The standard InChI is InChI=1S/C12H11NO3S/c1-2-16-12(15)11(14)13-9-3-4-10-8(7-9)5-6-17-10/h3-7H,2H2,1H3,(H,13,14). The molecule has 0 bridgehead atoms. The van der Waals surface area contributed by atoms with E-state index >= 15 is 0 Å². The Balaban J connectivity index is 2.12. The van der Waals surface area contributed by atoms with E-state index in [1.807, 2.05) is 23.6 Å². The molecule has 0 unspecified atom stereocenters. The fourth-order valence-electron chi connectivity index (χ4n) is 1.42. The van der Waals surface area contributed by atoms with E-state index in [9.17, 15) is 9.59 Å². The molecule has 4 nitrogen and oxygen atoms in total. The van der Waals surface area contributed by atoms with Gasteiger partial charge in [-0.3, -0.25) is 4.79 Å². The van der Waals surface area contributed by atoms with Crippen LogP contribution in [0, 0.1) is 0 Å². The van der Waals surface area contributed by atoms with E-state index in [1.54, 1.807) is 24.3 Å². The summed E-state index contributed by atoms with van der Waals surface area (Å²) in [5, 5.41) is 5.51. The van der Waals surface area contributed by atoms with Gasteiger partial charge in [-0.1, -0.05) is 0 Å². The summed E-state index contributed by atoms with van der Waals surface area (Å²) in [4.78, 5) is 22.5. The Morgan fingerprint density at radius 1 is 1.35 bits per heavy atom. The van der Waals surface area contributed by atoms with Gasteiger partial charge < -0.3 is 10.1 Å². The normalized spacial score (nSPS) is 10.2. The molecule has 1 N–H and O–H groups in total. The van der Waals surface area contributed by atoms with E-state index in [0.29, 0.717) is 5.69 Å². The highest BCUT2D eigenvalue weighted by molar-refractivity contribution is 7.17. The lowest BCUT2D eigenvalue weighted by Crippen LogP contribution is -2.24. The monoisotopic (exact) mass is 249 g/mol. The van der Waals surface area contributed by atoms with Gasteiger partial charge >= 0.3 is 11.9 Å². The van der Waals surface area contributed by atoms with Crippen LogP contribution in [0.15, 0.2) is 29.6 Å². The first-order valence-corrected chi connectivity index (χ1v) is 6.04. The fourth-order valence-corrected chi connectivity index (χ4v) is 2.19. The second-order valence-electron chi connectivity index (χ2n) is 3.35. The van der Waals surface area contributed by atoms with Gasteiger partial charge in [0.05, 0.1) is 6.61 Å². The molecule has 5 heteroatoms. The lowest BCUT2D eigenvalue weighted by atomic mass is 10.2. The van der Waals surface area contributed by atoms with E-state index in [2.05, 4.69) is 10.1 Å². The molecular formula is C12H11NO3S. The maximum atomic E-state index is 11.4. The molecule has 0 atom stereocenters. The van der Waals surface area contributed by atoms with E-state index in [1.165, 1.54) is 0 Å². The third-order valence-corrected chi connectivity index (χ3v) is 3.07. The highest BCUT2D eigenvalue weighted by atomic mass is 32.1. The number of benzene rings is 1. The van der Waals surface area contributed by atoms with Crippen molar-refractivity contribution in [1.82, 2.24) is 0 Å². The second kappa shape index (κ2) is 4.97. The van der Waals surface area contributed by atoms with Crippen molar-refractivity contribution in [1.29, 1.82) is 0 Å². The molecule has 0 radical (unpaired) electrons. The second-order valence-corrected chi connectivity index (χ2v) is 4.30. The van der Waals surface area contributed by atoms with Crippen molar-refractivity contribution in [2.75, 3.05) is 11.9 Å². The molecule has 0 aliphatic heterocycles. The molecule has 1 aromatic heterocycles. The third kappa shape index (κ3) is 2.62. The first-order chi connectivity index (χ1) is 8.20. The number of ether oxygens (including phenoxy) is 1. The summed E-state index contributed by atoms with van der Waals surface area (Å²) >= 11 is 1.62. The number of hydrogen-bond donors (Lipinski definition) is 1. The summed E-state index contributed by atoms with van der Waals surface area (Å²) in [6.07, 6.45) is 0. The molecule has 0 saturated heterocycles. The number of anilines is 1. The molecule has 88 valence electrons. The molecule has 0 aliphatic rings. The molecule has 17 heavy (non-hydrogen) atoms. The molecule has 0 spiro atoms. The summed E-state index contributed by atoms with van der Waals surface area (Å²) in [6, 6.07) is 7.44. The first-order valence-electron chi connectivity index (χ1n) is 5.16. The summed E-state index contributed by atoms with van der Waals surface area (Å²) in [5.41, 5.74) is 0.592. The van der Waals surface area contributed by atoms with Gasteiger partial charge in [-0.2, -0.15) is 0 Å². The van der Waals surface area contributed by atoms with Crippen LogP contribution < -0.4 is 5.32 Å². The minimum atomic E-state index is -0.863. The molecule has 1 aromatic carbocycles. The summed E-state index contributed by atoms with van der Waals surface area (Å²) in [6.45, 7) is 1.85. The van der Waals surface area contributed by atoms with Gasteiger partial charge in [0.25, 0.3) is 0 Å². The number of nitrogens with one attached hydrogen (secondary N) is 1. The van der Waals surface area contributed by atoms with Crippen LogP contribution in [0.1, 0.15) is 6.92 Å². The average Bonchev–Trinajstić information content (AvgIpc) is 2.76. The maximum Gasteiger partial charge on any atom is 0.397 e. The molecule has 0 fully saturated rings. The number of esters is 1. The van der Waals surface area contributed by atoms with Crippen molar-refractivity contribution in [3.63, 3.8) is 0 Å². The zero-order chi connectivity index (χ0) is 12.3. The number of rotatable bonds is 2. The molecular weight excluding hydrogens is 238 g/mol. The number of carbonyl (C=O) groups is 2. The highest BCUT2D eigenvalue weighted by Gasteiger charge is 2.14. The van der Waals surface area contributed by atoms with Gasteiger partial charge in [0.1, 0.15) is 0 Å². The Bertz CT molecular complexity index is 562. The van der Waals surface area contributed by atoms with Gasteiger partial charge in [-0.25, -0.2) is 4.79 Å². The molecule has 0 aliphatic carbocycles. The summed E-state index contributed by atoms with van der Waals surface area (Å²) in [7, 11) is 0. The minimum Gasteiger partial charge on any atom is -0.459 e. The lowest BCUT2D eigenvalue weighted by molar-refractivity contribution is -0.152. The van der Waals surface area contributed by atoms with E-state index < -0.39 is 11.9 Å². The van der Waals surface area contributed by atoms with Crippen LogP contribution in [-0.2, 0) is 14.3 Å². The van der Waals surface area contributed by atoms with Gasteiger partial charge in [0.2, 0.25) is 0 Å². The fraction of sp³-hybridized carbons (Fsp3) is 0.167. The Kier molecular flexibility index (Phi) is 3.39. The summed E-state index contributed by atoms with van der Waals surface area (Å²) < 4.78 is 5.74. The van der Waals surface area contributed by atoms with Gasteiger partial charge in [0.15, 0.2) is 0 Å². The smallest absolute Gasteiger partial charge is 0.397 e. The zero-order valence-electron chi connectivity index (χ0n) is 9.23. The largest absolute Gasteiger partial charge is 0.459 e. The number of carbonyl (C=O) groups excluding carboxylic acids is 2. The quantitative estimate of drug-likeness (QED) is 0.656. The Hall–Kier alpha value is -1.88. The summed E-state index contributed by atoms with van der Waals surface area (Å²) in [5.74, 6) is -1.61. The molecule has 1 amide bonds. The number of hydrogen-bond acceptors (Lipinski definition) is 4. The minimum absolute atomic E-state index is 0.190. The van der Waals surface area contributed by atoms with Crippen molar-refractivity contribution in [3.8, 4) is 0 Å². The van der Waals surface area contributed by atoms with Crippen LogP contribution in [0.4, 0.5) is 5.69 Å². The van der Waals surface area contributed by atoms with Gasteiger partial charge in [0, 0.05) is 10.4 Å². The highest BCUT2D eigenvalue weighted by Crippen LogP contribution is 2.23. The van der Waals surface area contributed by atoms with Crippen molar-refractivity contribution in [3.05, 3.63) is 29.6 Å². The first kappa shape index (κ1) is 11.6. The molecule has 2 rings (SSSR count). The van der Waals surface area contributed by atoms with Crippen LogP contribution >= 0.6 is 11.3 Å². The Morgan fingerprint density at radius 3 is 2.94 bits per heavy atom. The average molecular weight is 249 g/mol. The van der Waals surface area contributed by atoms with E-state index in [-0.39, 0.29) is 6.61 Å². The Labute approximate surface area is 102 Å². The van der Waals surface area contributed by atoms with Crippen molar-refractivity contribution < 1.29 is 14.3 Å². The van der Waals surface area contributed by atoms with Crippen LogP contribution in [-0.4, -0.2) is 18.5 Å². The predicted octanol–water partition coefficient (Wildman–Crippen LogP) is 2.40. The molecule has 2 aromatic rings. The molecule has 1 heterocycles. The predicted molar refractivity (Wildman–Crippen MR) is 67.1 cm³/mol. The van der Waals surface area contributed by atoms with Gasteiger partial charge in [-0.15, -0.1) is 11.3 Å². The van der Waals surface area contributed by atoms with E-state index in [4.69, 9.17) is 0 Å². The van der Waals surface area contributed by atoms with Crippen LogP contribution in [0.25, 0.3) is 10.1 Å². The number of thiophene rings is 1. The SMILES string of the molecule is CCOC(=O)C(=O)Nc1ccc2sccc2c1. The van der Waals surface area contributed by atoms with Crippen molar-refractivity contribution in [2.24, 2.45) is 0 Å². The van der Waals surface area contributed by atoms with Crippen LogP contribution in [0.2, 0.25) is 0 Å². The van der Waals surface area contributed by atoms with E-state index in [0.717, 1.165) is 10.1 Å². The third-order valence-electron chi connectivity index (χ3n) is 2.17. The zero-order valence-corrected chi connectivity index (χ0v) is 10.0. The van der Waals surface area contributed by atoms with Crippen molar-refractivity contribution in [2.45, 2.75) is 6.92 Å². The number of fused-ring (bicyclic) bond motifs is 1.